The number of fused-ring (bicyclic) bond motifs is 1. The van der Waals surface area contributed by atoms with Gasteiger partial charge in [0.2, 0.25) is 0 Å². The summed E-state index contributed by atoms with van der Waals surface area (Å²) in [4.78, 5) is 11.5. The van der Waals surface area contributed by atoms with Gasteiger partial charge in [-0.25, -0.2) is 13.5 Å². The van der Waals surface area contributed by atoms with E-state index in [-0.39, 0.29) is 10.8 Å². The number of carbonyl (C=O) groups is 1. The summed E-state index contributed by atoms with van der Waals surface area (Å²) in [5.41, 5.74) is 1.48. The summed E-state index contributed by atoms with van der Waals surface area (Å²) in [6.07, 6.45) is -4.71. The number of rotatable bonds is 6. The predicted molar refractivity (Wildman–Crippen MR) is 119 cm³/mol. The third kappa shape index (κ3) is 5.37. The smallest absolute Gasteiger partial charge is 0.471 e. The second kappa shape index (κ2) is 9.53. The fourth-order valence-corrected chi connectivity index (χ4v) is 3.72. The lowest BCUT2D eigenvalue weighted by Gasteiger charge is -2.27. The van der Waals surface area contributed by atoms with Crippen molar-refractivity contribution < 1.29 is 31.5 Å². The van der Waals surface area contributed by atoms with E-state index < -0.39 is 35.9 Å². The number of hydrogen-bond acceptors (Lipinski definition) is 3. The first-order chi connectivity index (χ1) is 16.5. The Hall–Kier alpha value is -3.66. The van der Waals surface area contributed by atoms with E-state index in [0.717, 1.165) is 12.1 Å². The Balaban J connectivity index is 1.69. The molecule has 35 heavy (non-hydrogen) atoms. The minimum absolute atomic E-state index is 0.111. The number of benzene rings is 3. The minimum Gasteiger partial charge on any atom is -0.482 e. The maximum absolute atomic E-state index is 13.4. The van der Waals surface area contributed by atoms with Gasteiger partial charge in [-0.2, -0.15) is 18.3 Å². The molecule has 4 aromatic rings. The van der Waals surface area contributed by atoms with Crippen LogP contribution in [0.2, 0.25) is 5.02 Å². The van der Waals surface area contributed by atoms with E-state index in [1.807, 2.05) is 5.32 Å². The maximum atomic E-state index is 13.4. The minimum atomic E-state index is -5.09. The van der Waals surface area contributed by atoms with Crippen molar-refractivity contribution >= 4 is 28.4 Å². The van der Waals surface area contributed by atoms with Crippen LogP contribution in [0.5, 0.6) is 5.75 Å². The molecule has 0 aliphatic carbocycles. The first-order valence-electron chi connectivity index (χ1n) is 10.3. The largest absolute Gasteiger partial charge is 0.482 e. The van der Waals surface area contributed by atoms with Crippen molar-refractivity contribution in [3.05, 3.63) is 89.1 Å². The molecule has 5 nitrogen and oxygen atoms in total. The van der Waals surface area contributed by atoms with Crippen molar-refractivity contribution in [2.45, 2.75) is 25.2 Å². The van der Waals surface area contributed by atoms with E-state index in [4.69, 9.17) is 16.3 Å². The molecule has 0 radical (unpaired) electrons. The topological polar surface area (TPSA) is 56.1 Å². The molecule has 0 aliphatic rings. The third-order valence-corrected chi connectivity index (χ3v) is 5.51. The third-order valence-electron chi connectivity index (χ3n) is 5.22. The highest BCUT2D eigenvalue weighted by Gasteiger charge is 2.40. The van der Waals surface area contributed by atoms with Crippen molar-refractivity contribution in [3.63, 3.8) is 0 Å². The molecule has 2 atom stereocenters. The molecule has 182 valence electrons. The maximum Gasteiger partial charge on any atom is 0.471 e. The van der Waals surface area contributed by atoms with Crippen molar-refractivity contribution in [3.8, 4) is 11.4 Å². The second-order valence-corrected chi connectivity index (χ2v) is 8.13. The number of halogens is 6. The van der Waals surface area contributed by atoms with Crippen LogP contribution in [0.3, 0.4) is 0 Å². The van der Waals surface area contributed by atoms with E-state index in [1.54, 1.807) is 12.1 Å². The number of nitrogens with zero attached hydrogens (tertiary/aromatic N) is 2. The fraction of sp³-hybridized carbons (Fsp3) is 0.167. The van der Waals surface area contributed by atoms with Crippen molar-refractivity contribution in [1.29, 1.82) is 0 Å². The molecule has 0 aliphatic heterocycles. The summed E-state index contributed by atoms with van der Waals surface area (Å²) in [6, 6.07) is 12.5. The number of aromatic nitrogens is 2. The van der Waals surface area contributed by atoms with Crippen LogP contribution in [-0.4, -0.2) is 27.9 Å². The molecule has 0 saturated carbocycles. The Labute approximate surface area is 201 Å². The number of amides is 1. The normalized spacial score (nSPS) is 13.5. The molecule has 1 amide bonds. The standard InChI is InChI=1S/C24H17ClF5N3O2/c1-13(32-23(34)24(28,29)30)22(14-2-4-16(26)5-3-14)35-21-10-15-12-31-33(20(15)11-19(21)25)18-8-6-17(27)7-9-18/h2-13,22H,1H3,(H,32,34). The molecule has 0 bridgehead atoms. The summed E-state index contributed by atoms with van der Waals surface area (Å²) in [5, 5.41) is 6.85. The van der Waals surface area contributed by atoms with Crippen LogP contribution >= 0.6 is 11.6 Å². The van der Waals surface area contributed by atoms with Gasteiger partial charge in [0.15, 0.2) is 0 Å². The average Bonchev–Trinajstić information content (AvgIpc) is 3.20. The Morgan fingerprint density at radius 2 is 1.63 bits per heavy atom. The first kappa shape index (κ1) is 24.5. The number of ether oxygens (including phenoxy) is 1. The Morgan fingerprint density at radius 3 is 2.23 bits per heavy atom. The van der Waals surface area contributed by atoms with E-state index in [1.165, 1.54) is 54.2 Å². The molecule has 11 heteroatoms. The summed E-state index contributed by atoms with van der Waals surface area (Å²) >= 11 is 6.43. The van der Waals surface area contributed by atoms with Crippen LogP contribution < -0.4 is 10.1 Å². The zero-order chi connectivity index (χ0) is 25.3. The van der Waals surface area contributed by atoms with Gasteiger partial charge in [-0.1, -0.05) is 23.7 Å². The van der Waals surface area contributed by atoms with Gasteiger partial charge in [-0.05, 0) is 61.0 Å². The SMILES string of the molecule is CC(NC(=O)C(F)(F)F)C(Oc1cc2cnn(-c3ccc(F)cc3)c2cc1Cl)c1ccc(F)cc1. The molecular formula is C24H17ClF5N3O2. The quantitative estimate of drug-likeness (QED) is 0.317. The summed E-state index contributed by atoms with van der Waals surface area (Å²) < 4.78 is 72.6. The molecule has 0 spiro atoms. The molecule has 0 saturated heterocycles. The second-order valence-electron chi connectivity index (χ2n) is 7.72. The molecule has 4 rings (SSSR count). The number of hydrogen-bond donors (Lipinski definition) is 1. The van der Waals surface area contributed by atoms with Gasteiger partial charge in [0, 0.05) is 5.39 Å². The Bertz CT molecular complexity index is 1350. The summed E-state index contributed by atoms with van der Waals surface area (Å²) in [5.74, 6) is -2.98. The lowest BCUT2D eigenvalue weighted by molar-refractivity contribution is -0.174. The van der Waals surface area contributed by atoms with Gasteiger partial charge in [0.25, 0.3) is 0 Å². The van der Waals surface area contributed by atoms with Crippen LogP contribution in [0.4, 0.5) is 22.0 Å². The van der Waals surface area contributed by atoms with E-state index in [0.29, 0.717) is 22.2 Å². The van der Waals surface area contributed by atoms with Crippen LogP contribution in [0.1, 0.15) is 18.6 Å². The van der Waals surface area contributed by atoms with Gasteiger partial charge >= 0.3 is 12.1 Å². The van der Waals surface area contributed by atoms with Crippen LogP contribution in [-0.2, 0) is 4.79 Å². The van der Waals surface area contributed by atoms with E-state index >= 15 is 0 Å². The van der Waals surface area contributed by atoms with E-state index in [9.17, 15) is 26.7 Å². The van der Waals surface area contributed by atoms with E-state index in [2.05, 4.69) is 5.10 Å². The molecule has 2 unspecified atom stereocenters. The van der Waals surface area contributed by atoms with Gasteiger partial charge in [0.05, 0.1) is 28.5 Å². The zero-order valence-corrected chi connectivity index (χ0v) is 18.7. The van der Waals surface area contributed by atoms with Gasteiger partial charge < -0.3 is 10.1 Å². The molecule has 1 heterocycles. The molecule has 3 aromatic carbocycles. The number of carbonyl (C=O) groups excluding carboxylic acids is 1. The summed E-state index contributed by atoms with van der Waals surface area (Å²) in [7, 11) is 0. The van der Waals surface area contributed by atoms with Crippen LogP contribution in [0.15, 0.2) is 66.9 Å². The molecule has 1 N–H and O–H groups in total. The zero-order valence-electron chi connectivity index (χ0n) is 18.0. The fourth-order valence-electron chi connectivity index (χ4n) is 3.52. The first-order valence-corrected chi connectivity index (χ1v) is 10.6. The highest BCUT2D eigenvalue weighted by atomic mass is 35.5. The number of alkyl halides is 3. The van der Waals surface area contributed by atoms with Crippen LogP contribution in [0, 0.1) is 11.6 Å². The van der Waals surface area contributed by atoms with Crippen molar-refractivity contribution in [2.75, 3.05) is 0 Å². The Morgan fingerprint density at radius 1 is 1.03 bits per heavy atom. The molecular weight excluding hydrogens is 493 g/mol. The summed E-state index contributed by atoms with van der Waals surface area (Å²) in [6.45, 7) is 1.33. The predicted octanol–water partition coefficient (Wildman–Crippen LogP) is 6.14. The lowest BCUT2D eigenvalue weighted by atomic mass is 10.0. The number of nitrogens with one attached hydrogen (secondary N) is 1. The lowest BCUT2D eigenvalue weighted by Crippen LogP contribution is -2.45. The highest BCUT2D eigenvalue weighted by molar-refractivity contribution is 6.32. The molecule has 1 aromatic heterocycles. The van der Waals surface area contributed by atoms with Crippen molar-refractivity contribution in [1.82, 2.24) is 15.1 Å². The van der Waals surface area contributed by atoms with Gasteiger partial charge in [-0.15, -0.1) is 0 Å². The van der Waals surface area contributed by atoms with Crippen molar-refractivity contribution in [2.24, 2.45) is 0 Å². The highest BCUT2D eigenvalue weighted by Crippen LogP contribution is 2.35. The van der Waals surface area contributed by atoms with Gasteiger partial charge in [0.1, 0.15) is 23.5 Å². The van der Waals surface area contributed by atoms with Gasteiger partial charge in [-0.3, -0.25) is 4.79 Å². The Kier molecular flexibility index (Phi) is 6.66. The monoisotopic (exact) mass is 509 g/mol. The average molecular weight is 510 g/mol. The molecule has 0 fully saturated rings. The van der Waals surface area contributed by atoms with Crippen LogP contribution in [0.25, 0.3) is 16.6 Å².